The monoisotopic (exact) mass is 197 g/mol. The van der Waals surface area contributed by atoms with E-state index in [1.165, 1.54) is 6.92 Å². The van der Waals surface area contributed by atoms with Gasteiger partial charge in [-0.15, -0.1) is 11.3 Å². The van der Waals surface area contributed by atoms with Crippen molar-refractivity contribution in [2.75, 3.05) is 0 Å². The van der Waals surface area contributed by atoms with Crippen molar-refractivity contribution in [2.45, 2.75) is 19.4 Å². The van der Waals surface area contributed by atoms with Crippen LogP contribution in [0.15, 0.2) is 17.5 Å². The summed E-state index contributed by atoms with van der Waals surface area (Å²) in [6.07, 6.45) is 1.35. The first-order valence-corrected chi connectivity index (χ1v) is 4.85. The Labute approximate surface area is 80.8 Å². The number of thiophene rings is 1. The van der Waals surface area contributed by atoms with Gasteiger partial charge in [0.15, 0.2) is 0 Å². The van der Waals surface area contributed by atoms with Crippen molar-refractivity contribution in [1.82, 2.24) is 5.32 Å². The Kier molecular flexibility index (Phi) is 3.64. The Bertz CT molecular complexity index is 282. The van der Waals surface area contributed by atoms with Crippen LogP contribution in [0.25, 0.3) is 0 Å². The summed E-state index contributed by atoms with van der Waals surface area (Å²) in [5.41, 5.74) is 0. The molecular weight excluding hydrogens is 186 g/mol. The van der Waals surface area contributed by atoms with Crippen LogP contribution in [0.1, 0.15) is 11.8 Å². The van der Waals surface area contributed by atoms with Gasteiger partial charge in [-0.05, 0) is 11.4 Å². The van der Waals surface area contributed by atoms with Crippen LogP contribution in [-0.2, 0) is 16.0 Å². The van der Waals surface area contributed by atoms with Crippen molar-refractivity contribution in [1.29, 1.82) is 0 Å². The van der Waals surface area contributed by atoms with E-state index >= 15 is 0 Å². The third-order valence-corrected chi connectivity index (χ3v) is 2.45. The van der Waals surface area contributed by atoms with E-state index in [1.807, 2.05) is 17.5 Å². The highest BCUT2D eigenvalue weighted by Crippen LogP contribution is 2.10. The van der Waals surface area contributed by atoms with Crippen LogP contribution in [0.5, 0.6) is 0 Å². The van der Waals surface area contributed by atoms with Gasteiger partial charge in [-0.3, -0.25) is 4.79 Å². The molecule has 0 aliphatic carbocycles. The highest BCUT2D eigenvalue weighted by Gasteiger charge is 2.09. The van der Waals surface area contributed by atoms with E-state index in [0.29, 0.717) is 6.42 Å². The van der Waals surface area contributed by atoms with Crippen LogP contribution in [0.2, 0.25) is 0 Å². The molecule has 4 heteroatoms. The van der Waals surface area contributed by atoms with E-state index < -0.39 is 6.04 Å². The van der Waals surface area contributed by atoms with Crippen LogP contribution < -0.4 is 5.32 Å². The first kappa shape index (κ1) is 9.92. The Morgan fingerprint density at radius 3 is 3.00 bits per heavy atom. The highest BCUT2D eigenvalue weighted by molar-refractivity contribution is 7.09. The quantitative estimate of drug-likeness (QED) is 0.732. The maximum absolute atomic E-state index is 10.7. The zero-order valence-corrected chi connectivity index (χ0v) is 8.14. The van der Waals surface area contributed by atoms with E-state index in [0.717, 1.165) is 11.2 Å². The maximum atomic E-state index is 10.7. The minimum Gasteiger partial charge on any atom is -0.346 e. The lowest BCUT2D eigenvalue weighted by Gasteiger charge is -2.08. The normalized spacial score (nSPS) is 12.1. The molecule has 0 saturated carbocycles. The molecule has 1 aromatic heterocycles. The van der Waals surface area contributed by atoms with Gasteiger partial charge in [0.05, 0.1) is 6.04 Å². The standard InChI is InChI=1S/C9H11NO2S/c1-7(12)10-8(6-11)5-9-3-2-4-13-9/h2-4,6,8H,5H2,1H3,(H,10,12)/t8-/m0/s1. The molecule has 13 heavy (non-hydrogen) atoms. The summed E-state index contributed by atoms with van der Waals surface area (Å²) >= 11 is 1.58. The molecule has 0 fully saturated rings. The largest absolute Gasteiger partial charge is 0.346 e. The SMILES string of the molecule is CC(=O)N[C@H](C=O)Cc1cccs1. The minimum atomic E-state index is -0.392. The number of hydrogen-bond donors (Lipinski definition) is 1. The molecule has 0 spiro atoms. The molecule has 70 valence electrons. The van der Waals surface area contributed by atoms with Crippen LogP contribution in [-0.4, -0.2) is 18.2 Å². The van der Waals surface area contributed by atoms with E-state index in [-0.39, 0.29) is 5.91 Å². The van der Waals surface area contributed by atoms with Crippen LogP contribution in [0.3, 0.4) is 0 Å². The summed E-state index contributed by atoms with van der Waals surface area (Å²) in [7, 11) is 0. The summed E-state index contributed by atoms with van der Waals surface area (Å²) < 4.78 is 0. The second kappa shape index (κ2) is 4.77. The first-order valence-electron chi connectivity index (χ1n) is 3.97. The number of carbonyl (C=O) groups excluding carboxylic acids is 2. The number of nitrogens with one attached hydrogen (secondary N) is 1. The smallest absolute Gasteiger partial charge is 0.217 e. The number of hydrogen-bond acceptors (Lipinski definition) is 3. The van der Waals surface area contributed by atoms with Gasteiger partial charge >= 0.3 is 0 Å². The van der Waals surface area contributed by atoms with E-state index in [2.05, 4.69) is 5.32 Å². The molecule has 0 saturated heterocycles. The molecule has 0 aliphatic rings. The third-order valence-electron chi connectivity index (χ3n) is 1.55. The van der Waals surface area contributed by atoms with Gasteiger partial charge in [-0.25, -0.2) is 0 Å². The molecule has 1 rings (SSSR count). The zero-order valence-electron chi connectivity index (χ0n) is 7.32. The molecule has 1 atom stereocenters. The molecule has 0 unspecified atom stereocenters. The Morgan fingerprint density at radius 2 is 2.54 bits per heavy atom. The lowest BCUT2D eigenvalue weighted by molar-refractivity contribution is -0.122. The predicted octanol–water partition coefficient (Wildman–Crippen LogP) is 0.994. The topological polar surface area (TPSA) is 46.2 Å². The average molecular weight is 197 g/mol. The molecular formula is C9H11NO2S. The molecule has 1 aromatic rings. The van der Waals surface area contributed by atoms with Crippen molar-refractivity contribution in [3.8, 4) is 0 Å². The molecule has 1 amide bonds. The highest BCUT2D eigenvalue weighted by atomic mass is 32.1. The fourth-order valence-electron chi connectivity index (χ4n) is 1.04. The Hall–Kier alpha value is -1.16. The Balaban J connectivity index is 2.49. The molecule has 1 N–H and O–H groups in total. The van der Waals surface area contributed by atoms with Crippen LogP contribution in [0.4, 0.5) is 0 Å². The van der Waals surface area contributed by atoms with Gasteiger partial charge < -0.3 is 10.1 Å². The van der Waals surface area contributed by atoms with Gasteiger partial charge in [-0.2, -0.15) is 0 Å². The van der Waals surface area contributed by atoms with Gasteiger partial charge in [0, 0.05) is 18.2 Å². The summed E-state index contributed by atoms with van der Waals surface area (Å²) in [5, 5.41) is 4.52. The Morgan fingerprint density at radius 1 is 1.77 bits per heavy atom. The lowest BCUT2D eigenvalue weighted by Crippen LogP contribution is -2.35. The van der Waals surface area contributed by atoms with Gasteiger partial charge in [0.2, 0.25) is 5.91 Å². The minimum absolute atomic E-state index is 0.173. The average Bonchev–Trinajstić information content (AvgIpc) is 2.55. The van der Waals surface area contributed by atoms with Crippen molar-refractivity contribution >= 4 is 23.5 Å². The molecule has 0 bridgehead atoms. The van der Waals surface area contributed by atoms with Crippen LogP contribution in [0, 0.1) is 0 Å². The molecule has 0 aliphatic heterocycles. The summed E-state index contributed by atoms with van der Waals surface area (Å²) in [4.78, 5) is 22.3. The van der Waals surface area contributed by atoms with Gasteiger partial charge in [0.25, 0.3) is 0 Å². The molecule has 3 nitrogen and oxygen atoms in total. The number of amides is 1. The van der Waals surface area contributed by atoms with E-state index in [9.17, 15) is 9.59 Å². The van der Waals surface area contributed by atoms with Gasteiger partial charge in [0.1, 0.15) is 6.29 Å². The summed E-state index contributed by atoms with van der Waals surface area (Å²) in [6.45, 7) is 1.41. The zero-order chi connectivity index (χ0) is 9.68. The molecule has 0 radical (unpaired) electrons. The van der Waals surface area contributed by atoms with Crippen molar-refractivity contribution in [3.63, 3.8) is 0 Å². The van der Waals surface area contributed by atoms with Crippen molar-refractivity contribution in [3.05, 3.63) is 22.4 Å². The third kappa shape index (κ3) is 3.38. The number of rotatable bonds is 4. The molecule has 1 heterocycles. The lowest BCUT2D eigenvalue weighted by atomic mass is 10.2. The second-order valence-corrected chi connectivity index (χ2v) is 3.76. The number of carbonyl (C=O) groups is 2. The first-order chi connectivity index (χ1) is 6.22. The molecule has 0 aromatic carbocycles. The summed E-state index contributed by atoms with van der Waals surface area (Å²) in [5.74, 6) is -0.173. The van der Waals surface area contributed by atoms with E-state index in [4.69, 9.17) is 0 Å². The fourth-order valence-corrected chi connectivity index (χ4v) is 1.80. The number of aldehydes is 1. The van der Waals surface area contributed by atoms with Gasteiger partial charge in [-0.1, -0.05) is 6.07 Å². The second-order valence-electron chi connectivity index (χ2n) is 2.73. The van der Waals surface area contributed by atoms with Crippen molar-refractivity contribution in [2.24, 2.45) is 0 Å². The summed E-state index contributed by atoms with van der Waals surface area (Å²) in [6, 6.07) is 3.48. The predicted molar refractivity (Wildman–Crippen MR) is 51.7 cm³/mol. The maximum Gasteiger partial charge on any atom is 0.217 e. The van der Waals surface area contributed by atoms with Crippen molar-refractivity contribution < 1.29 is 9.59 Å². The fraction of sp³-hybridized carbons (Fsp3) is 0.333. The van der Waals surface area contributed by atoms with Crippen LogP contribution >= 0.6 is 11.3 Å². The van der Waals surface area contributed by atoms with E-state index in [1.54, 1.807) is 11.3 Å².